The zero-order valence-electron chi connectivity index (χ0n) is 23.2. The molecular formula is C28H42N4O8. The summed E-state index contributed by atoms with van der Waals surface area (Å²) in [6, 6.07) is 9.06. The monoisotopic (exact) mass is 562 g/mol. The van der Waals surface area contributed by atoms with Crippen molar-refractivity contribution in [3.05, 3.63) is 72.3 Å². The molecule has 40 heavy (non-hydrogen) atoms. The first-order chi connectivity index (χ1) is 18.9. The normalized spacial score (nSPS) is 15.5. The average molecular weight is 563 g/mol. The van der Waals surface area contributed by atoms with Gasteiger partial charge in [-0.3, -0.25) is 9.97 Å². The van der Waals surface area contributed by atoms with Gasteiger partial charge in [-0.05, 0) is 64.0 Å². The van der Waals surface area contributed by atoms with Crippen molar-refractivity contribution in [1.29, 1.82) is 0 Å². The van der Waals surface area contributed by atoms with E-state index in [-0.39, 0.29) is 0 Å². The molecule has 2 heterocycles. The summed E-state index contributed by atoms with van der Waals surface area (Å²) in [5, 5.41) is 57.8. The molecule has 2 rings (SSSR count). The van der Waals surface area contributed by atoms with Crippen LogP contribution in [0.3, 0.4) is 0 Å². The Morgan fingerprint density at radius 3 is 1.35 bits per heavy atom. The Bertz CT molecular complexity index is 926. The lowest BCUT2D eigenvalue weighted by molar-refractivity contribution is -0.172. The molecule has 0 fully saturated rings. The van der Waals surface area contributed by atoms with Gasteiger partial charge in [0, 0.05) is 36.9 Å². The predicted molar refractivity (Wildman–Crippen MR) is 152 cm³/mol. The highest BCUT2D eigenvalue weighted by molar-refractivity contribution is 5.75. The summed E-state index contributed by atoms with van der Waals surface area (Å²) >= 11 is 0. The van der Waals surface area contributed by atoms with Crippen molar-refractivity contribution in [3.63, 3.8) is 0 Å². The molecule has 2 aromatic rings. The van der Waals surface area contributed by atoms with Crippen LogP contribution in [0.4, 0.5) is 0 Å². The van der Waals surface area contributed by atoms with E-state index in [0.717, 1.165) is 24.0 Å². The minimum absolute atomic E-state index is 0.535. The summed E-state index contributed by atoms with van der Waals surface area (Å²) in [7, 11) is 3.95. The van der Waals surface area contributed by atoms with E-state index in [4.69, 9.17) is 30.6 Å². The Labute approximate surface area is 234 Å². The van der Waals surface area contributed by atoms with Gasteiger partial charge in [0.25, 0.3) is 0 Å². The summed E-state index contributed by atoms with van der Waals surface area (Å²) in [5.41, 5.74) is 2.32. The molecule has 0 saturated heterocycles. The number of aromatic nitrogens is 2. The third kappa shape index (κ3) is 16.4. The number of aliphatic carboxylic acids is 2. The van der Waals surface area contributed by atoms with Crippen molar-refractivity contribution in [1.82, 2.24) is 20.6 Å². The van der Waals surface area contributed by atoms with E-state index in [1.54, 1.807) is 12.4 Å². The van der Waals surface area contributed by atoms with E-state index in [2.05, 4.69) is 58.8 Å². The molecule has 0 spiro atoms. The topological polar surface area (TPSA) is 205 Å². The first-order valence-corrected chi connectivity index (χ1v) is 12.6. The zero-order chi connectivity index (χ0) is 30.5. The van der Waals surface area contributed by atoms with Gasteiger partial charge in [-0.1, -0.05) is 36.4 Å². The molecule has 8 N–H and O–H groups in total. The molecule has 0 aliphatic rings. The quantitative estimate of drug-likeness (QED) is 0.171. The lowest BCUT2D eigenvalue weighted by Crippen LogP contribution is -2.49. The fourth-order valence-corrected chi connectivity index (χ4v) is 2.67. The van der Waals surface area contributed by atoms with Crippen LogP contribution in [0.2, 0.25) is 0 Å². The highest BCUT2D eigenvalue weighted by Crippen LogP contribution is 2.06. The smallest absolute Gasteiger partial charge is 0.335 e. The second-order valence-electron chi connectivity index (χ2n) is 8.78. The van der Waals surface area contributed by atoms with Gasteiger partial charge in [0.1, 0.15) is 12.2 Å². The van der Waals surface area contributed by atoms with Gasteiger partial charge in [0.05, 0.1) is 0 Å². The van der Waals surface area contributed by atoms with Crippen LogP contribution in [-0.2, 0) is 9.59 Å². The van der Waals surface area contributed by atoms with E-state index in [0.29, 0.717) is 12.1 Å². The number of hydrogen-bond donors (Lipinski definition) is 8. The minimum Gasteiger partial charge on any atom is -0.479 e. The predicted octanol–water partition coefficient (Wildman–Crippen LogP) is 0.785. The minimum atomic E-state index is -2.36. The molecule has 222 valence electrons. The average Bonchev–Trinajstić information content (AvgIpc) is 2.97. The molecule has 0 aliphatic heterocycles. The van der Waals surface area contributed by atoms with Crippen molar-refractivity contribution in [2.45, 2.75) is 63.2 Å². The second-order valence-corrected chi connectivity index (χ2v) is 8.78. The number of carboxylic acids is 2. The standard InChI is InChI=1S/2C11H16N2.C6H10O8/c2*1-10(12-2)5-3-6-11-7-4-8-13-9-11;7-1(3(9)5(11)12)2(8)4(10)6(13)14/h2*3-4,6-10,12H,5H2,1-2H3;1-4,7-10H,(H,11,12)(H,13,14)/b2*6-3+;/t2*10-;1-,2+,3+,4-/m00./s1. The Hall–Kier alpha value is -3.52. The van der Waals surface area contributed by atoms with Gasteiger partial charge in [-0.2, -0.15) is 0 Å². The molecule has 2 aromatic heterocycles. The molecule has 0 aliphatic carbocycles. The molecule has 6 atom stereocenters. The fourth-order valence-electron chi connectivity index (χ4n) is 2.67. The molecule has 0 saturated carbocycles. The van der Waals surface area contributed by atoms with Crippen LogP contribution in [0, 0.1) is 0 Å². The van der Waals surface area contributed by atoms with E-state index in [9.17, 15) is 9.59 Å². The number of pyridine rings is 2. The van der Waals surface area contributed by atoms with Crippen LogP contribution < -0.4 is 10.6 Å². The number of aliphatic hydroxyl groups is 4. The van der Waals surface area contributed by atoms with Crippen molar-refractivity contribution < 1.29 is 40.2 Å². The van der Waals surface area contributed by atoms with E-state index in [1.807, 2.05) is 50.8 Å². The second kappa shape index (κ2) is 21.3. The number of aliphatic hydroxyl groups excluding tert-OH is 4. The van der Waals surface area contributed by atoms with E-state index >= 15 is 0 Å². The molecular weight excluding hydrogens is 520 g/mol. The van der Waals surface area contributed by atoms with Gasteiger partial charge in [-0.25, -0.2) is 9.59 Å². The maximum absolute atomic E-state index is 10.1. The number of carboxylic acid groups (broad SMARTS) is 2. The lowest BCUT2D eigenvalue weighted by Gasteiger charge is -2.21. The number of hydrogen-bond acceptors (Lipinski definition) is 10. The highest BCUT2D eigenvalue weighted by atomic mass is 16.4. The van der Waals surface area contributed by atoms with Gasteiger partial charge < -0.3 is 41.3 Å². The Morgan fingerprint density at radius 1 is 0.750 bits per heavy atom. The van der Waals surface area contributed by atoms with Gasteiger partial charge >= 0.3 is 11.9 Å². The van der Waals surface area contributed by atoms with Crippen LogP contribution in [0.25, 0.3) is 12.2 Å². The van der Waals surface area contributed by atoms with Crippen molar-refractivity contribution in [3.8, 4) is 0 Å². The summed E-state index contributed by atoms with van der Waals surface area (Å²) in [6.07, 6.45) is 8.63. The zero-order valence-corrected chi connectivity index (χ0v) is 23.2. The van der Waals surface area contributed by atoms with Crippen LogP contribution in [-0.4, -0.2) is 103 Å². The Kier molecular flexibility index (Phi) is 19.4. The molecule has 0 bridgehead atoms. The third-order valence-electron chi connectivity index (χ3n) is 5.46. The van der Waals surface area contributed by atoms with E-state index < -0.39 is 36.4 Å². The van der Waals surface area contributed by atoms with Crippen LogP contribution in [0.1, 0.15) is 37.8 Å². The third-order valence-corrected chi connectivity index (χ3v) is 5.46. The lowest BCUT2D eigenvalue weighted by atomic mass is 10.0. The fraction of sp³-hybridized carbons (Fsp3) is 0.429. The van der Waals surface area contributed by atoms with Crippen molar-refractivity contribution in [2.24, 2.45) is 0 Å². The van der Waals surface area contributed by atoms with E-state index in [1.165, 1.54) is 0 Å². The summed E-state index contributed by atoms with van der Waals surface area (Å²) in [4.78, 5) is 28.2. The molecule has 12 nitrogen and oxygen atoms in total. The first-order valence-electron chi connectivity index (χ1n) is 12.6. The van der Waals surface area contributed by atoms with Crippen LogP contribution in [0.5, 0.6) is 0 Å². The molecule has 0 amide bonds. The Balaban J connectivity index is 0.000000571. The number of nitrogens with one attached hydrogen (secondary N) is 2. The first kappa shape index (κ1) is 36.5. The largest absolute Gasteiger partial charge is 0.479 e. The summed E-state index contributed by atoms with van der Waals surface area (Å²) in [5.74, 6) is -3.68. The van der Waals surface area contributed by atoms with Crippen LogP contribution >= 0.6 is 0 Å². The van der Waals surface area contributed by atoms with Gasteiger partial charge in [0.15, 0.2) is 12.2 Å². The summed E-state index contributed by atoms with van der Waals surface area (Å²) in [6.45, 7) is 4.32. The van der Waals surface area contributed by atoms with Crippen molar-refractivity contribution in [2.75, 3.05) is 14.1 Å². The van der Waals surface area contributed by atoms with Crippen molar-refractivity contribution >= 4 is 24.1 Å². The maximum atomic E-state index is 10.1. The van der Waals surface area contributed by atoms with Gasteiger partial charge in [0.2, 0.25) is 0 Å². The SMILES string of the molecule is CN[C@@H](C)C/C=C/c1cccnc1.CN[C@@H](C)C/C=C/c1cccnc1.O=C(O)[C@@H](O)[C@H](O)[C@H](O)[C@@H](O)C(=O)O. The Morgan fingerprint density at radius 2 is 1.10 bits per heavy atom. The molecule has 0 unspecified atom stereocenters. The molecule has 0 radical (unpaired) electrons. The molecule has 12 heteroatoms. The maximum Gasteiger partial charge on any atom is 0.335 e. The highest BCUT2D eigenvalue weighted by Gasteiger charge is 2.37. The van der Waals surface area contributed by atoms with Crippen LogP contribution in [0.15, 0.2) is 61.2 Å². The van der Waals surface area contributed by atoms with Gasteiger partial charge in [-0.15, -0.1) is 0 Å². The number of nitrogens with zero attached hydrogens (tertiary/aromatic N) is 2. The summed E-state index contributed by atoms with van der Waals surface area (Å²) < 4.78 is 0. The number of rotatable bonds is 13. The number of carbonyl (C=O) groups is 2. The molecule has 0 aromatic carbocycles.